The van der Waals surface area contributed by atoms with Gasteiger partial charge in [-0.1, -0.05) is 26.0 Å². The van der Waals surface area contributed by atoms with Gasteiger partial charge in [-0.15, -0.1) is 0 Å². The second kappa shape index (κ2) is 8.82. The van der Waals surface area contributed by atoms with Gasteiger partial charge < -0.3 is 20.6 Å². The van der Waals surface area contributed by atoms with Crippen LogP contribution in [0.1, 0.15) is 41.4 Å². The Kier molecular flexibility index (Phi) is 6.34. The van der Waals surface area contributed by atoms with Gasteiger partial charge in [0.1, 0.15) is 17.2 Å². The van der Waals surface area contributed by atoms with E-state index in [1.165, 1.54) is 29.2 Å². The zero-order valence-corrected chi connectivity index (χ0v) is 18.6. The number of nitrogens with zero attached hydrogens (tertiary/aromatic N) is 1. The van der Waals surface area contributed by atoms with Crippen LogP contribution in [0.15, 0.2) is 46.0 Å². The van der Waals surface area contributed by atoms with Crippen LogP contribution in [0, 0.1) is 18.7 Å². The third-order valence-electron chi connectivity index (χ3n) is 5.23. The van der Waals surface area contributed by atoms with Crippen LogP contribution in [0.4, 0.5) is 21.5 Å². The van der Waals surface area contributed by atoms with Crippen molar-refractivity contribution in [1.82, 2.24) is 4.90 Å². The number of phenols is 1. The first-order chi connectivity index (χ1) is 15.0. The van der Waals surface area contributed by atoms with Gasteiger partial charge in [-0.25, -0.2) is 4.39 Å². The number of para-hydroxylation sites is 1. The van der Waals surface area contributed by atoms with Crippen LogP contribution in [0.2, 0.25) is 0 Å². The monoisotopic (exact) mass is 439 g/mol. The maximum Gasteiger partial charge on any atom is 0.257 e. The Bertz CT molecular complexity index is 1220. The zero-order valence-electron chi connectivity index (χ0n) is 18.6. The van der Waals surface area contributed by atoms with Gasteiger partial charge in [-0.05, 0) is 48.2 Å². The summed E-state index contributed by atoms with van der Waals surface area (Å²) >= 11 is 0. The van der Waals surface area contributed by atoms with E-state index in [4.69, 9.17) is 0 Å². The molecule has 0 spiro atoms. The van der Waals surface area contributed by atoms with Crippen LogP contribution in [-0.2, 0) is 0 Å². The minimum Gasteiger partial charge on any atom is -0.505 e. The lowest BCUT2D eigenvalue weighted by molar-refractivity contribution is 0.0824. The molecule has 0 radical (unpaired) electrons. The van der Waals surface area contributed by atoms with Gasteiger partial charge in [0.05, 0.1) is 17.3 Å². The van der Waals surface area contributed by atoms with Crippen molar-refractivity contribution in [3.05, 3.63) is 79.4 Å². The molecular formula is C24H26FN3O4. The standard InChI is InChI=1S/C24H26FN3O4/c1-12(2)18(14-9-13(3)10-15(25)11-14)27-20-19(22(30)23(20)31)26-17-8-6-7-16(21(17)29)24(32)28(4)5/h6-12,18,26-27,29H,1-5H3/t18-/m1/s1. The third kappa shape index (κ3) is 4.34. The number of amides is 1. The van der Waals surface area contributed by atoms with Crippen molar-refractivity contribution in [2.45, 2.75) is 26.8 Å². The largest absolute Gasteiger partial charge is 0.505 e. The molecule has 0 heterocycles. The van der Waals surface area contributed by atoms with Crippen LogP contribution < -0.4 is 21.5 Å². The predicted molar refractivity (Wildman–Crippen MR) is 123 cm³/mol. The summed E-state index contributed by atoms with van der Waals surface area (Å²) in [6.07, 6.45) is 0. The summed E-state index contributed by atoms with van der Waals surface area (Å²) in [5.74, 6) is -1.15. The Morgan fingerprint density at radius 2 is 1.72 bits per heavy atom. The smallest absolute Gasteiger partial charge is 0.257 e. The van der Waals surface area contributed by atoms with Gasteiger partial charge in [0.15, 0.2) is 5.75 Å². The minimum absolute atomic E-state index is 0.0153. The molecule has 0 unspecified atom stereocenters. The average molecular weight is 439 g/mol. The fourth-order valence-corrected chi connectivity index (χ4v) is 3.58. The maximum absolute atomic E-state index is 14.0. The molecule has 3 aromatic rings. The molecule has 8 heteroatoms. The van der Waals surface area contributed by atoms with Crippen molar-refractivity contribution >= 4 is 23.0 Å². The number of phenolic OH excluding ortho intramolecular Hbond substituents is 1. The molecule has 3 N–H and O–H groups in total. The molecule has 1 amide bonds. The second-order valence-corrected chi connectivity index (χ2v) is 8.36. The van der Waals surface area contributed by atoms with E-state index in [1.807, 2.05) is 19.9 Å². The van der Waals surface area contributed by atoms with Crippen molar-refractivity contribution in [2.24, 2.45) is 5.92 Å². The van der Waals surface area contributed by atoms with Crippen LogP contribution in [-0.4, -0.2) is 30.0 Å². The van der Waals surface area contributed by atoms with E-state index in [-0.39, 0.29) is 40.1 Å². The molecule has 3 rings (SSSR count). The van der Waals surface area contributed by atoms with Crippen LogP contribution in [0.3, 0.4) is 0 Å². The number of halogens is 1. The lowest BCUT2D eigenvalue weighted by Crippen LogP contribution is -2.38. The normalized spacial score (nSPS) is 12.1. The Morgan fingerprint density at radius 3 is 2.31 bits per heavy atom. The first-order valence-corrected chi connectivity index (χ1v) is 10.2. The summed E-state index contributed by atoms with van der Waals surface area (Å²) in [6.45, 7) is 5.61. The molecule has 168 valence electrons. The molecule has 3 aromatic carbocycles. The number of nitrogens with one attached hydrogen (secondary N) is 2. The highest BCUT2D eigenvalue weighted by Gasteiger charge is 2.27. The second-order valence-electron chi connectivity index (χ2n) is 8.36. The van der Waals surface area contributed by atoms with Gasteiger partial charge >= 0.3 is 0 Å². The number of hydrogen-bond acceptors (Lipinski definition) is 6. The molecule has 1 atom stereocenters. The number of aromatic hydroxyl groups is 1. The summed E-state index contributed by atoms with van der Waals surface area (Å²) in [7, 11) is 3.11. The van der Waals surface area contributed by atoms with Gasteiger partial charge in [0.2, 0.25) is 0 Å². The first kappa shape index (κ1) is 23.0. The summed E-state index contributed by atoms with van der Waals surface area (Å²) in [4.78, 5) is 38.2. The fourth-order valence-electron chi connectivity index (χ4n) is 3.58. The van der Waals surface area contributed by atoms with E-state index in [9.17, 15) is 23.9 Å². The quantitative estimate of drug-likeness (QED) is 0.384. The molecule has 0 fully saturated rings. The summed E-state index contributed by atoms with van der Waals surface area (Å²) in [6, 6.07) is 8.72. The summed E-state index contributed by atoms with van der Waals surface area (Å²) in [5, 5.41) is 16.4. The summed E-state index contributed by atoms with van der Waals surface area (Å²) in [5.41, 5.74) is 0.165. The topological polar surface area (TPSA) is 98.7 Å². The van der Waals surface area contributed by atoms with Gasteiger partial charge in [0, 0.05) is 14.1 Å². The number of aryl methyl sites for hydroxylation is 1. The van der Waals surface area contributed by atoms with Crippen molar-refractivity contribution in [3.8, 4) is 5.75 Å². The van der Waals surface area contributed by atoms with Gasteiger partial charge in [-0.3, -0.25) is 14.4 Å². The lowest BCUT2D eigenvalue weighted by Gasteiger charge is -2.26. The number of hydrogen-bond donors (Lipinski definition) is 3. The number of anilines is 3. The van der Waals surface area contributed by atoms with Crippen molar-refractivity contribution < 1.29 is 14.3 Å². The lowest BCUT2D eigenvalue weighted by atomic mass is 9.94. The highest BCUT2D eigenvalue weighted by atomic mass is 19.1. The fraction of sp³-hybridized carbons (Fsp3) is 0.292. The molecule has 0 aliphatic rings. The van der Waals surface area contributed by atoms with E-state index < -0.39 is 22.8 Å². The Balaban J connectivity index is 1.96. The van der Waals surface area contributed by atoms with E-state index in [2.05, 4.69) is 10.6 Å². The first-order valence-electron chi connectivity index (χ1n) is 10.2. The zero-order chi connectivity index (χ0) is 23.7. The van der Waals surface area contributed by atoms with Gasteiger partial charge in [-0.2, -0.15) is 0 Å². The summed E-state index contributed by atoms with van der Waals surface area (Å²) < 4.78 is 14.0. The predicted octanol–water partition coefficient (Wildman–Crippen LogP) is 3.69. The van der Waals surface area contributed by atoms with Gasteiger partial charge in [0.25, 0.3) is 16.8 Å². The average Bonchev–Trinajstić information content (AvgIpc) is 2.72. The molecule has 0 saturated carbocycles. The van der Waals surface area contributed by atoms with Crippen LogP contribution in [0.25, 0.3) is 0 Å². The number of rotatable bonds is 7. The molecule has 0 aromatic heterocycles. The number of benzene rings is 2. The minimum atomic E-state index is -0.742. The number of carbonyl (C=O) groups excluding carboxylic acids is 1. The van der Waals surface area contributed by atoms with E-state index >= 15 is 0 Å². The highest BCUT2D eigenvalue weighted by Crippen LogP contribution is 2.34. The Labute approximate surface area is 185 Å². The van der Waals surface area contributed by atoms with Crippen molar-refractivity contribution in [3.63, 3.8) is 0 Å². The highest BCUT2D eigenvalue weighted by molar-refractivity contribution is 5.99. The Morgan fingerprint density at radius 1 is 1.06 bits per heavy atom. The van der Waals surface area contributed by atoms with E-state index in [1.54, 1.807) is 27.1 Å². The van der Waals surface area contributed by atoms with E-state index in [0.29, 0.717) is 5.56 Å². The van der Waals surface area contributed by atoms with Crippen LogP contribution in [0.5, 0.6) is 5.75 Å². The SMILES string of the molecule is Cc1cc(F)cc([C@H](Nc2c(Nc3cccc(C(=O)N(C)C)c3O)c(=O)c2=O)C(C)C)c1. The van der Waals surface area contributed by atoms with Crippen molar-refractivity contribution in [1.29, 1.82) is 0 Å². The third-order valence-corrected chi connectivity index (χ3v) is 5.23. The Hall–Kier alpha value is -3.68. The number of carbonyl (C=O) groups is 1. The molecule has 0 saturated heterocycles. The maximum atomic E-state index is 14.0. The molecule has 0 aliphatic heterocycles. The molecular weight excluding hydrogens is 413 g/mol. The molecule has 32 heavy (non-hydrogen) atoms. The molecule has 0 bridgehead atoms. The molecule has 7 nitrogen and oxygen atoms in total. The van der Waals surface area contributed by atoms with Crippen LogP contribution >= 0.6 is 0 Å². The molecule has 0 aliphatic carbocycles. The van der Waals surface area contributed by atoms with E-state index in [0.717, 1.165) is 5.56 Å². The van der Waals surface area contributed by atoms with Crippen molar-refractivity contribution in [2.75, 3.05) is 24.7 Å².